The summed E-state index contributed by atoms with van der Waals surface area (Å²) < 4.78 is 26.2. The quantitative estimate of drug-likeness (QED) is 0.720. The first-order chi connectivity index (χ1) is 12.3. The highest BCUT2D eigenvalue weighted by atomic mass is 32.2. The van der Waals surface area contributed by atoms with Gasteiger partial charge in [0.15, 0.2) is 5.69 Å². The minimum atomic E-state index is -3.55. The van der Waals surface area contributed by atoms with Crippen LogP contribution in [0.5, 0.6) is 0 Å². The molecule has 1 heterocycles. The summed E-state index contributed by atoms with van der Waals surface area (Å²) in [6, 6.07) is 13.3. The first kappa shape index (κ1) is 18.1. The van der Waals surface area contributed by atoms with Gasteiger partial charge in [-0.15, -0.1) is 0 Å². The Hall–Kier alpha value is -2.71. The Bertz CT molecular complexity index is 1040. The van der Waals surface area contributed by atoms with Crippen molar-refractivity contribution in [2.24, 2.45) is 0 Å². The first-order valence-corrected chi connectivity index (χ1v) is 9.57. The zero-order chi connectivity index (χ0) is 18.9. The topological polar surface area (TPSA) is 95.2 Å². The van der Waals surface area contributed by atoms with Gasteiger partial charge in [0.25, 0.3) is 5.91 Å². The van der Waals surface area contributed by atoms with Crippen molar-refractivity contribution >= 4 is 32.5 Å². The number of benzene rings is 2. The van der Waals surface area contributed by atoms with Gasteiger partial charge in [0.05, 0.1) is 10.4 Å². The highest BCUT2D eigenvalue weighted by Crippen LogP contribution is 2.20. The Morgan fingerprint density at radius 2 is 1.77 bits per heavy atom. The molecule has 0 saturated heterocycles. The molecule has 26 heavy (non-hydrogen) atoms. The van der Waals surface area contributed by atoms with E-state index in [1.54, 1.807) is 33.0 Å². The smallest absolute Gasteiger partial charge is 0.276 e. The summed E-state index contributed by atoms with van der Waals surface area (Å²) in [4.78, 5) is 12.6. The lowest BCUT2D eigenvalue weighted by molar-refractivity contribution is 0.102. The molecule has 2 aromatic carbocycles. The Kier molecular flexibility index (Phi) is 4.80. The minimum Gasteiger partial charge on any atom is -0.321 e. The third-order valence-electron chi connectivity index (χ3n) is 4.20. The monoisotopic (exact) mass is 372 g/mol. The van der Waals surface area contributed by atoms with Crippen molar-refractivity contribution in [3.63, 3.8) is 0 Å². The second-order valence-electron chi connectivity index (χ2n) is 6.21. The van der Waals surface area contributed by atoms with Gasteiger partial charge < -0.3 is 5.32 Å². The maximum absolute atomic E-state index is 12.5. The second-order valence-corrected chi connectivity index (χ2v) is 8.21. The van der Waals surface area contributed by atoms with E-state index < -0.39 is 10.0 Å². The van der Waals surface area contributed by atoms with Crippen LogP contribution in [-0.2, 0) is 10.0 Å². The van der Waals surface area contributed by atoms with Gasteiger partial charge >= 0.3 is 0 Å². The summed E-state index contributed by atoms with van der Waals surface area (Å²) in [7, 11) is -2.01. The number of carbonyl (C=O) groups is 1. The first-order valence-electron chi connectivity index (χ1n) is 8.13. The van der Waals surface area contributed by atoms with Crippen molar-refractivity contribution in [1.82, 2.24) is 14.5 Å². The molecular formula is C18H20N4O3S. The number of para-hydroxylation sites is 1. The second kappa shape index (κ2) is 6.89. The third kappa shape index (κ3) is 3.33. The highest BCUT2D eigenvalue weighted by Gasteiger charge is 2.23. The number of aromatic amines is 1. The number of hydrogen-bond acceptors (Lipinski definition) is 4. The van der Waals surface area contributed by atoms with Gasteiger partial charge in [0.1, 0.15) is 0 Å². The number of anilines is 1. The molecule has 1 aromatic heterocycles. The standard InChI is InChI=1S/C18H20N4O3S/c1-12(2)22(3)26(24,25)14-10-8-13(9-11-14)19-18(23)17-15-6-4-5-7-16(15)20-21-17/h4-12H,1-3H3,(H,19,23)(H,20,21). The lowest BCUT2D eigenvalue weighted by Crippen LogP contribution is -2.33. The number of sulfonamides is 1. The van der Waals surface area contributed by atoms with Crippen molar-refractivity contribution in [3.05, 3.63) is 54.2 Å². The van der Waals surface area contributed by atoms with Crippen molar-refractivity contribution in [1.29, 1.82) is 0 Å². The fourth-order valence-corrected chi connectivity index (χ4v) is 3.85. The van der Waals surface area contributed by atoms with Gasteiger partial charge in [0.2, 0.25) is 10.0 Å². The molecule has 0 unspecified atom stereocenters. The molecule has 8 heteroatoms. The number of aromatic nitrogens is 2. The van der Waals surface area contributed by atoms with Crippen molar-refractivity contribution in [2.45, 2.75) is 24.8 Å². The Morgan fingerprint density at radius 3 is 2.42 bits per heavy atom. The van der Waals surface area contributed by atoms with Crippen LogP contribution < -0.4 is 5.32 Å². The van der Waals surface area contributed by atoms with E-state index in [2.05, 4.69) is 15.5 Å². The fourth-order valence-electron chi connectivity index (χ4n) is 2.48. The number of hydrogen-bond donors (Lipinski definition) is 2. The van der Waals surface area contributed by atoms with E-state index in [0.29, 0.717) is 5.69 Å². The van der Waals surface area contributed by atoms with Crippen LogP contribution >= 0.6 is 0 Å². The Balaban J connectivity index is 1.80. The molecule has 0 aliphatic heterocycles. The molecule has 0 bridgehead atoms. The highest BCUT2D eigenvalue weighted by molar-refractivity contribution is 7.89. The molecule has 2 N–H and O–H groups in total. The van der Waals surface area contributed by atoms with E-state index in [9.17, 15) is 13.2 Å². The lowest BCUT2D eigenvalue weighted by atomic mass is 10.2. The molecule has 0 fully saturated rings. The minimum absolute atomic E-state index is 0.146. The van der Waals surface area contributed by atoms with Crippen LogP contribution in [0.4, 0.5) is 5.69 Å². The molecule has 7 nitrogen and oxygen atoms in total. The zero-order valence-corrected chi connectivity index (χ0v) is 15.5. The summed E-state index contributed by atoms with van der Waals surface area (Å²) in [6.07, 6.45) is 0. The van der Waals surface area contributed by atoms with Crippen LogP contribution in [0.1, 0.15) is 24.3 Å². The van der Waals surface area contributed by atoms with Crippen LogP contribution in [0.25, 0.3) is 10.9 Å². The predicted molar refractivity (Wildman–Crippen MR) is 101 cm³/mol. The number of carbonyl (C=O) groups excluding carboxylic acids is 1. The molecule has 0 spiro atoms. The summed E-state index contributed by atoms with van der Waals surface area (Å²) in [6.45, 7) is 3.61. The third-order valence-corrected chi connectivity index (χ3v) is 6.25. The van der Waals surface area contributed by atoms with E-state index in [0.717, 1.165) is 10.9 Å². The maximum Gasteiger partial charge on any atom is 0.276 e. The average Bonchev–Trinajstić information content (AvgIpc) is 3.05. The van der Waals surface area contributed by atoms with E-state index in [4.69, 9.17) is 0 Å². The maximum atomic E-state index is 12.5. The Morgan fingerprint density at radius 1 is 1.12 bits per heavy atom. The summed E-state index contributed by atoms with van der Waals surface area (Å²) >= 11 is 0. The number of fused-ring (bicyclic) bond motifs is 1. The molecule has 136 valence electrons. The van der Waals surface area contributed by atoms with Gasteiger partial charge in [-0.05, 0) is 44.2 Å². The van der Waals surface area contributed by atoms with Crippen molar-refractivity contribution < 1.29 is 13.2 Å². The summed E-state index contributed by atoms with van der Waals surface area (Å²) in [5.41, 5.74) is 1.56. The SMILES string of the molecule is CC(C)N(C)S(=O)(=O)c1ccc(NC(=O)c2n[nH]c3ccccc23)cc1. The van der Waals surface area contributed by atoms with Crippen LogP contribution in [0.15, 0.2) is 53.4 Å². The lowest BCUT2D eigenvalue weighted by Gasteiger charge is -2.21. The molecule has 0 saturated carbocycles. The van der Waals surface area contributed by atoms with E-state index in [1.165, 1.54) is 16.4 Å². The average molecular weight is 372 g/mol. The van der Waals surface area contributed by atoms with Crippen LogP contribution in [0.3, 0.4) is 0 Å². The normalized spacial score (nSPS) is 12.0. The van der Waals surface area contributed by atoms with Gasteiger partial charge in [-0.3, -0.25) is 9.89 Å². The number of nitrogens with zero attached hydrogens (tertiary/aromatic N) is 2. The van der Waals surface area contributed by atoms with Crippen LogP contribution in [-0.4, -0.2) is 41.9 Å². The van der Waals surface area contributed by atoms with Gasteiger partial charge in [0, 0.05) is 24.2 Å². The largest absolute Gasteiger partial charge is 0.321 e. The van der Waals surface area contributed by atoms with Crippen LogP contribution in [0, 0.1) is 0 Å². The number of nitrogens with one attached hydrogen (secondary N) is 2. The zero-order valence-electron chi connectivity index (χ0n) is 14.7. The fraction of sp³-hybridized carbons (Fsp3) is 0.222. The van der Waals surface area contributed by atoms with Gasteiger partial charge in [-0.2, -0.15) is 9.40 Å². The van der Waals surface area contributed by atoms with E-state index in [1.807, 2.05) is 24.3 Å². The number of H-pyrrole nitrogens is 1. The van der Waals surface area contributed by atoms with Gasteiger partial charge in [-0.1, -0.05) is 18.2 Å². The molecule has 3 aromatic rings. The number of amides is 1. The molecule has 0 atom stereocenters. The summed E-state index contributed by atoms with van der Waals surface area (Å²) in [5.74, 6) is -0.364. The molecule has 0 aliphatic carbocycles. The van der Waals surface area contributed by atoms with E-state index >= 15 is 0 Å². The predicted octanol–water partition coefficient (Wildman–Crippen LogP) is 2.84. The van der Waals surface area contributed by atoms with Crippen molar-refractivity contribution in [2.75, 3.05) is 12.4 Å². The van der Waals surface area contributed by atoms with Crippen LogP contribution in [0.2, 0.25) is 0 Å². The summed E-state index contributed by atoms with van der Waals surface area (Å²) in [5, 5.41) is 10.3. The molecule has 3 rings (SSSR count). The molecule has 0 aliphatic rings. The van der Waals surface area contributed by atoms with Gasteiger partial charge in [-0.25, -0.2) is 8.42 Å². The Labute approximate surface area is 152 Å². The van der Waals surface area contributed by atoms with E-state index in [-0.39, 0.29) is 22.5 Å². The molecular weight excluding hydrogens is 352 g/mol. The van der Waals surface area contributed by atoms with Crippen molar-refractivity contribution in [3.8, 4) is 0 Å². The molecule has 0 radical (unpaired) electrons. The number of rotatable bonds is 5. The molecule has 1 amide bonds.